The number of methoxy groups -OCH3 is 1. The standard InChI is InChI=1S/C7H14O6.C3H8O/c1-12-7-6(11)5(10)4(9)3(2-8)13-7;1-3(2)4/h3-11H,2H2,1H3;3-4H,1-2H3/t3?,4-,5?,6?,7+;/m0./s1. The predicted molar refractivity (Wildman–Crippen MR) is 58.1 cm³/mol. The van der Waals surface area contributed by atoms with Gasteiger partial charge < -0.3 is 35.0 Å². The first kappa shape index (κ1) is 16.7. The Bertz CT molecular complexity index is 176. The zero-order valence-electron chi connectivity index (χ0n) is 10.2. The largest absolute Gasteiger partial charge is 0.394 e. The van der Waals surface area contributed by atoms with E-state index >= 15 is 0 Å². The summed E-state index contributed by atoms with van der Waals surface area (Å²) in [4.78, 5) is 0. The van der Waals surface area contributed by atoms with Gasteiger partial charge in [0.25, 0.3) is 0 Å². The summed E-state index contributed by atoms with van der Waals surface area (Å²) in [5, 5.41) is 44.6. The SMILES string of the molecule is CC(C)O.CO[C@@H]1OC(CO)[C@H](O)C(O)C1O. The first-order valence-electron chi connectivity index (χ1n) is 5.36. The number of aliphatic hydroxyl groups is 5. The van der Waals surface area contributed by atoms with Crippen LogP contribution in [0.2, 0.25) is 0 Å². The Labute approximate surface area is 100 Å². The molecule has 104 valence electrons. The molecule has 0 aromatic heterocycles. The van der Waals surface area contributed by atoms with Crippen molar-refractivity contribution in [2.45, 2.75) is 50.7 Å². The zero-order valence-corrected chi connectivity index (χ0v) is 10.2. The molecule has 3 unspecified atom stereocenters. The van der Waals surface area contributed by atoms with E-state index in [1.54, 1.807) is 13.8 Å². The fourth-order valence-electron chi connectivity index (χ4n) is 1.26. The Morgan fingerprint density at radius 2 is 1.59 bits per heavy atom. The van der Waals surface area contributed by atoms with Crippen molar-refractivity contribution in [3.8, 4) is 0 Å². The molecule has 1 aliphatic rings. The fourth-order valence-corrected chi connectivity index (χ4v) is 1.26. The van der Waals surface area contributed by atoms with Crippen LogP contribution in [0.3, 0.4) is 0 Å². The van der Waals surface area contributed by atoms with Crippen molar-refractivity contribution < 1.29 is 35.0 Å². The maximum atomic E-state index is 9.28. The average molecular weight is 254 g/mol. The lowest BCUT2D eigenvalue weighted by Gasteiger charge is -2.38. The monoisotopic (exact) mass is 254 g/mol. The normalized spacial score (nSPS) is 37.6. The second-order valence-electron chi connectivity index (χ2n) is 4.03. The Kier molecular flexibility index (Phi) is 7.80. The molecule has 5 atom stereocenters. The second kappa shape index (κ2) is 7.93. The molecule has 1 saturated heterocycles. The maximum absolute atomic E-state index is 9.28. The summed E-state index contributed by atoms with van der Waals surface area (Å²) in [5.74, 6) is 0. The van der Waals surface area contributed by atoms with Gasteiger partial charge in [0.15, 0.2) is 6.29 Å². The van der Waals surface area contributed by atoms with Crippen LogP contribution < -0.4 is 0 Å². The molecule has 1 aliphatic heterocycles. The van der Waals surface area contributed by atoms with Gasteiger partial charge >= 0.3 is 0 Å². The number of ether oxygens (including phenoxy) is 2. The van der Waals surface area contributed by atoms with E-state index in [2.05, 4.69) is 0 Å². The van der Waals surface area contributed by atoms with Gasteiger partial charge in [0.2, 0.25) is 0 Å². The minimum atomic E-state index is -1.36. The molecule has 5 N–H and O–H groups in total. The molecule has 0 aliphatic carbocycles. The summed E-state index contributed by atoms with van der Waals surface area (Å²) in [6, 6.07) is 0. The molecule has 1 fully saturated rings. The lowest BCUT2D eigenvalue weighted by atomic mass is 9.99. The van der Waals surface area contributed by atoms with Crippen LogP contribution in [-0.2, 0) is 9.47 Å². The molecule has 0 spiro atoms. The molecular formula is C10H22O7. The van der Waals surface area contributed by atoms with Gasteiger partial charge in [0.1, 0.15) is 24.4 Å². The molecule has 0 aromatic rings. The average Bonchev–Trinajstić information content (AvgIpc) is 2.26. The highest BCUT2D eigenvalue weighted by Gasteiger charge is 2.43. The van der Waals surface area contributed by atoms with Crippen molar-refractivity contribution in [2.75, 3.05) is 13.7 Å². The molecule has 0 amide bonds. The second-order valence-corrected chi connectivity index (χ2v) is 4.03. The van der Waals surface area contributed by atoms with Crippen LogP contribution in [-0.4, -0.2) is 76.1 Å². The van der Waals surface area contributed by atoms with Crippen LogP contribution in [0.1, 0.15) is 13.8 Å². The van der Waals surface area contributed by atoms with Crippen molar-refractivity contribution in [2.24, 2.45) is 0 Å². The molecule has 0 radical (unpaired) electrons. The number of rotatable bonds is 2. The van der Waals surface area contributed by atoms with E-state index < -0.39 is 37.3 Å². The maximum Gasteiger partial charge on any atom is 0.186 e. The quantitative estimate of drug-likeness (QED) is 0.380. The van der Waals surface area contributed by atoms with E-state index in [0.29, 0.717) is 0 Å². The third-order valence-electron chi connectivity index (χ3n) is 2.08. The molecule has 1 rings (SSSR count). The Morgan fingerprint density at radius 1 is 1.12 bits per heavy atom. The lowest BCUT2D eigenvalue weighted by Crippen LogP contribution is -2.58. The highest BCUT2D eigenvalue weighted by atomic mass is 16.7. The Morgan fingerprint density at radius 3 is 1.94 bits per heavy atom. The summed E-state index contributed by atoms with van der Waals surface area (Å²) in [6.45, 7) is 3.00. The van der Waals surface area contributed by atoms with E-state index in [4.69, 9.17) is 19.7 Å². The molecule has 7 nitrogen and oxygen atoms in total. The molecule has 0 aromatic carbocycles. The van der Waals surface area contributed by atoms with Gasteiger partial charge in [-0.05, 0) is 13.8 Å². The molecule has 0 bridgehead atoms. The summed E-state index contributed by atoms with van der Waals surface area (Å²) in [7, 11) is 1.30. The topological polar surface area (TPSA) is 120 Å². The van der Waals surface area contributed by atoms with E-state index in [9.17, 15) is 15.3 Å². The Balaban J connectivity index is 0.000000557. The van der Waals surface area contributed by atoms with Gasteiger partial charge in [0, 0.05) is 13.2 Å². The molecular weight excluding hydrogens is 232 g/mol. The highest BCUT2D eigenvalue weighted by molar-refractivity contribution is 4.88. The van der Waals surface area contributed by atoms with Crippen LogP contribution in [0, 0.1) is 0 Å². The van der Waals surface area contributed by atoms with Gasteiger partial charge in [0.05, 0.1) is 6.61 Å². The molecule has 17 heavy (non-hydrogen) atoms. The van der Waals surface area contributed by atoms with Crippen LogP contribution in [0.5, 0.6) is 0 Å². The third-order valence-corrected chi connectivity index (χ3v) is 2.08. The van der Waals surface area contributed by atoms with Crippen LogP contribution in [0.25, 0.3) is 0 Å². The zero-order chi connectivity index (χ0) is 13.6. The molecule has 7 heteroatoms. The smallest absolute Gasteiger partial charge is 0.186 e. The summed E-state index contributed by atoms with van der Waals surface area (Å²) in [6.07, 6.45) is -6.08. The summed E-state index contributed by atoms with van der Waals surface area (Å²) in [5.41, 5.74) is 0. The van der Waals surface area contributed by atoms with Crippen molar-refractivity contribution in [3.05, 3.63) is 0 Å². The number of hydrogen-bond acceptors (Lipinski definition) is 7. The third kappa shape index (κ3) is 5.26. The molecule has 1 heterocycles. The molecule has 0 saturated carbocycles. The Hall–Kier alpha value is -0.280. The summed E-state index contributed by atoms with van der Waals surface area (Å²) < 4.78 is 9.65. The van der Waals surface area contributed by atoms with Crippen molar-refractivity contribution >= 4 is 0 Å². The summed E-state index contributed by atoms with van der Waals surface area (Å²) >= 11 is 0. The lowest BCUT2D eigenvalue weighted by molar-refractivity contribution is -0.294. The van der Waals surface area contributed by atoms with Crippen LogP contribution in [0.15, 0.2) is 0 Å². The first-order chi connectivity index (χ1) is 7.84. The predicted octanol–water partition coefficient (Wildman–Crippen LogP) is -2.18. The van der Waals surface area contributed by atoms with E-state index in [1.165, 1.54) is 7.11 Å². The van der Waals surface area contributed by atoms with Gasteiger partial charge in [-0.3, -0.25) is 0 Å². The van der Waals surface area contributed by atoms with Crippen molar-refractivity contribution in [3.63, 3.8) is 0 Å². The highest BCUT2D eigenvalue weighted by Crippen LogP contribution is 2.20. The van der Waals surface area contributed by atoms with Gasteiger partial charge in [-0.25, -0.2) is 0 Å². The fraction of sp³-hybridized carbons (Fsp3) is 1.00. The first-order valence-corrected chi connectivity index (χ1v) is 5.36. The minimum absolute atomic E-state index is 0.167. The van der Waals surface area contributed by atoms with E-state index in [0.717, 1.165) is 0 Å². The van der Waals surface area contributed by atoms with E-state index in [-0.39, 0.29) is 6.10 Å². The van der Waals surface area contributed by atoms with Crippen molar-refractivity contribution in [1.29, 1.82) is 0 Å². The van der Waals surface area contributed by atoms with Gasteiger partial charge in [-0.2, -0.15) is 0 Å². The van der Waals surface area contributed by atoms with E-state index in [1.807, 2.05) is 0 Å². The van der Waals surface area contributed by atoms with Crippen LogP contribution >= 0.6 is 0 Å². The van der Waals surface area contributed by atoms with Crippen LogP contribution in [0.4, 0.5) is 0 Å². The van der Waals surface area contributed by atoms with Gasteiger partial charge in [-0.1, -0.05) is 0 Å². The number of aliphatic hydroxyl groups excluding tert-OH is 5. The minimum Gasteiger partial charge on any atom is -0.394 e. The van der Waals surface area contributed by atoms with Gasteiger partial charge in [-0.15, -0.1) is 0 Å². The number of hydrogen-bond donors (Lipinski definition) is 5. The van der Waals surface area contributed by atoms with Crippen molar-refractivity contribution in [1.82, 2.24) is 0 Å².